The number of fused-ring (bicyclic) bond motifs is 3. The van der Waals surface area contributed by atoms with E-state index in [1.165, 1.54) is 12.1 Å². The van der Waals surface area contributed by atoms with E-state index in [1.807, 2.05) is 11.6 Å². The van der Waals surface area contributed by atoms with Gasteiger partial charge in [-0.25, -0.2) is 9.18 Å². The zero-order valence-electron chi connectivity index (χ0n) is 9.98. The summed E-state index contributed by atoms with van der Waals surface area (Å²) < 4.78 is 15.2. The number of aromatic carboxylic acids is 1. The Morgan fingerprint density at radius 2 is 2.17 bits per heavy atom. The van der Waals surface area contributed by atoms with E-state index in [4.69, 9.17) is 0 Å². The average molecular weight is 248 g/mol. The number of carboxylic acids is 1. The maximum absolute atomic E-state index is 13.3. The van der Waals surface area contributed by atoms with Gasteiger partial charge in [-0.1, -0.05) is 0 Å². The Morgan fingerprint density at radius 3 is 2.89 bits per heavy atom. The van der Waals surface area contributed by atoms with Gasteiger partial charge in [0.1, 0.15) is 5.82 Å². The van der Waals surface area contributed by atoms with Crippen LogP contribution in [0.2, 0.25) is 0 Å². The summed E-state index contributed by atoms with van der Waals surface area (Å²) in [5.74, 6) is -1.28. The summed E-state index contributed by atoms with van der Waals surface area (Å²) in [6, 6.07) is 4.28. The van der Waals surface area contributed by atoms with Crippen LogP contribution in [0.25, 0.3) is 10.9 Å². The van der Waals surface area contributed by atoms with Crippen molar-refractivity contribution < 1.29 is 14.3 Å². The number of hydrogen-bond donors (Lipinski definition) is 1. The molecule has 1 N–H and O–H groups in total. The molecule has 3 rings (SSSR count). The van der Waals surface area contributed by atoms with E-state index in [2.05, 4.69) is 4.90 Å². The van der Waals surface area contributed by atoms with Gasteiger partial charge in [-0.2, -0.15) is 0 Å². The highest BCUT2D eigenvalue weighted by molar-refractivity contribution is 6.05. The first-order valence-corrected chi connectivity index (χ1v) is 5.80. The topological polar surface area (TPSA) is 45.5 Å². The van der Waals surface area contributed by atoms with Crippen molar-refractivity contribution in [1.29, 1.82) is 0 Å². The van der Waals surface area contributed by atoms with Gasteiger partial charge < -0.3 is 9.67 Å². The SMILES string of the molecule is CN1CCn2c(c(C(=O)O)c3ccc(F)cc32)C1. The maximum atomic E-state index is 13.3. The number of hydrogen-bond acceptors (Lipinski definition) is 2. The Kier molecular flexibility index (Phi) is 2.38. The molecule has 0 aliphatic carbocycles. The molecule has 0 amide bonds. The van der Waals surface area contributed by atoms with Crippen molar-refractivity contribution >= 4 is 16.9 Å². The Hall–Kier alpha value is -1.88. The molecule has 0 spiro atoms. The first kappa shape index (κ1) is 11.2. The Morgan fingerprint density at radius 1 is 1.39 bits per heavy atom. The summed E-state index contributed by atoms with van der Waals surface area (Å²) in [5.41, 5.74) is 1.74. The van der Waals surface area contributed by atoms with Crippen molar-refractivity contribution in [3.63, 3.8) is 0 Å². The summed E-state index contributed by atoms with van der Waals surface area (Å²) in [6.45, 7) is 2.11. The fourth-order valence-electron chi connectivity index (χ4n) is 2.64. The van der Waals surface area contributed by atoms with Crippen molar-refractivity contribution in [2.45, 2.75) is 13.1 Å². The van der Waals surface area contributed by atoms with Crippen molar-refractivity contribution in [1.82, 2.24) is 9.47 Å². The second-order valence-corrected chi connectivity index (χ2v) is 4.68. The van der Waals surface area contributed by atoms with Gasteiger partial charge in [-0.3, -0.25) is 4.90 Å². The number of halogens is 1. The lowest BCUT2D eigenvalue weighted by atomic mass is 10.1. The molecule has 0 saturated carbocycles. The van der Waals surface area contributed by atoms with Gasteiger partial charge in [0.2, 0.25) is 0 Å². The first-order chi connectivity index (χ1) is 8.58. The van der Waals surface area contributed by atoms with Crippen molar-refractivity contribution in [2.75, 3.05) is 13.6 Å². The van der Waals surface area contributed by atoms with Gasteiger partial charge in [-0.15, -0.1) is 0 Å². The molecule has 2 heterocycles. The van der Waals surface area contributed by atoms with Gasteiger partial charge in [0.15, 0.2) is 0 Å². The van der Waals surface area contributed by atoms with Crippen molar-refractivity contribution in [2.24, 2.45) is 0 Å². The molecule has 4 nitrogen and oxygen atoms in total. The number of benzene rings is 1. The summed E-state index contributed by atoms with van der Waals surface area (Å²) >= 11 is 0. The average Bonchev–Trinajstić information content (AvgIpc) is 2.61. The molecule has 18 heavy (non-hydrogen) atoms. The highest BCUT2D eigenvalue weighted by Crippen LogP contribution is 2.29. The molecule has 1 aliphatic heterocycles. The maximum Gasteiger partial charge on any atom is 0.338 e. The Labute approximate surface area is 103 Å². The molecule has 0 unspecified atom stereocenters. The fourth-order valence-corrected chi connectivity index (χ4v) is 2.64. The number of rotatable bonds is 1. The van der Waals surface area contributed by atoms with E-state index in [9.17, 15) is 14.3 Å². The predicted molar refractivity (Wildman–Crippen MR) is 65.2 cm³/mol. The van der Waals surface area contributed by atoms with Crippen LogP contribution >= 0.6 is 0 Å². The molecule has 0 atom stereocenters. The number of aromatic nitrogens is 1. The lowest BCUT2D eigenvalue weighted by molar-refractivity contribution is 0.0695. The molecule has 0 radical (unpaired) electrons. The highest BCUT2D eigenvalue weighted by atomic mass is 19.1. The van der Waals surface area contributed by atoms with E-state index in [0.717, 1.165) is 12.2 Å². The van der Waals surface area contributed by atoms with Crippen LogP contribution in [-0.4, -0.2) is 34.1 Å². The summed E-state index contributed by atoms with van der Waals surface area (Å²) in [5, 5.41) is 9.98. The molecule has 0 bridgehead atoms. The van der Waals surface area contributed by atoms with E-state index < -0.39 is 5.97 Å². The molecular formula is C13H13FN2O2. The zero-order chi connectivity index (χ0) is 12.9. The molecule has 5 heteroatoms. The van der Waals surface area contributed by atoms with Crippen molar-refractivity contribution in [3.8, 4) is 0 Å². The van der Waals surface area contributed by atoms with Crippen LogP contribution in [0.15, 0.2) is 18.2 Å². The number of carboxylic acid groups (broad SMARTS) is 1. The smallest absolute Gasteiger partial charge is 0.338 e. The molecule has 0 saturated heterocycles. The van der Waals surface area contributed by atoms with E-state index in [-0.39, 0.29) is 5.82 Å². The molecule has 94 valence electrons. The third-order valence-electron chi connectivity index (χ3n) is 3.47. The molecular weight excluding hydrogens is 235 g/mol. The van der Waals surface area contributed by atoms with Crippen LogP contribution in [0.4, 0.5) is 4.39 Å². The van der Waals surface area contributed by atoms with Gasteiger partial charge in [0, 0.05) is 30.7 Å². The lowest BCUT2D eigenvalue weighted by Crippen LogP contribution is -2.30. The lowest BCUT2D eigenvalue weighted by Gasteiger charge is -2.25. The van der Waals surface area contributed by atoms with Crippen LogP contribution in [0.3, 0.4) is 0 Å². The standard InChI is InChI=1S/C13H13FN2O2/c1-15-4-5-16-10-6-8(14)2-3-9(10)12(13(17)18)11(16)7-15/h2-3,6H,4-5,7H2,1H3,(H,17,18). The second-order valence-electron chi connectivity index (χ2n) is 4.68. The van der Waals surface area contributed by atoms with Crippen LogP contribution in [0.5, 0.6) is 0 Å². The van der Waals surface area contributed by atoms with Gasteiger partial charge in [-0.05, 0) is 25.2 Å². The van der Waals surface area contributed by atoms with E-state index in [1.54, 1.807) is 6.07 Å². The third kappa shape index (κ3) is 1.51. The molecule has 1 aliphatic rings. The van der Waals surface area contributed by atoms with Gasteiger partial charge in [0.25, 0.3) is 0 Å². The van der Waals surface area contributed by atoms with Gasteiger partial charge >= 0.3 is 5.97 Å². The predicted octanol–water partition coefficient (Wildman–Crippen LogP) is 1.92. The number of carbonyl (C=O) groups is 1. The van der Waals surface area contributed by atoms with Crippen molar-refractivity contribution in [3.05, 3.63) is 35.3 Å². The molecule has 1 aromatic carbocycles. The van der Waals surface area contributed by atoms with Gasteiger partial charge in [0.05, 0.1) is 11.1 Å². The van der Waals surface area contributed by atoms with E-state index in [0.29, 0.717) is 29.6 Å². The minimum absolute atomic E-state index is 0.302. The third-order valence-corrected chi connectivity index (χ3v) is 3.47. The second kappa shape index (κ2) is 3.81. The highest BCUT2D eigenvalue weighted by Gasteiger charge is 2.25. The number of likely N-dealkylation sites (N-methyl/N-ethyl adjacent to an activating group) is 1. The molecule has 0 fully saturated rings. The minimum Gasteiger partial charge on any atom is -0.478 e. The molecule has 2 aromatic rings. The quantitative estimate of drug-likeness (QED) is 0.838. The fraction of sp³-hybridized carbons (Fsp3) is 0.308. The largest absolute Gasteiger partial charge is 0.478 e. The normalized spacial score (nSPS) is 15.9. The van der Waals surface area contributed by atoms with Crippen LogP contribution in [-0.2, 0) is 13.1 Å². The van der Waals surface area contributed by atoms with Crippen LogP contribution in [0, 0.1) is 5.82 Å². The summed E-state index contributed by atoms with van der Waals surface area (Å²) in [4.78, 5) is 13.5. The first-order valence-electron chi connectivity index (χ1n) is 5.80. The van der Waals surface area contributed by atoms with E-state index >= 15 is 0 Å². The van der Waals surface area contributed by atoms with Crippen LogP contribution < -0.4 is 0 Å². The Bertz CT molecular complexity index is 648. The zero-order valence-corrected chi connectivity index (χ0v) is 9.98. The number of nitrogens with zero attached hydrogens (tertiary/aromatic N) is 2. The minimum atomic E-state index is -0.948. The summed E-state index contributed by atoms with van der Waals surface area (Å²) in [6.07, 6.45) is 0. The van der Waals surface area contributed by atoms with Crippen LogP contribution in [0.1, 0.15) is 16.1 Å². The molecule has 1 aromatic heterocycles. The monoisotopic (exact) mass is 248 g/mol. The Balaban J connectivity index is 2.37. The summed E-state index contributed by atoms with van der Waals surface area (Å²) in [7, 11) is 1.95.